The number of carbonyl (C=O) groups is 1. The van der Waals surface area contributed by atoms with Gasteiger partial charge in [0.25, 0.3) is 0 Å². The summed E-state index contributed by atoms with van der Waals surface area (Å²) < 4.78 is 5.47. The molecule has 1 atom stereocenters. The molecule has 0 unspecified atom stereocenters. The molecule has 1 aromatic rings. The van der Waals surface area contributed by atoms with Crippen LogP contribution < -0.4 is 0 Å². The van der Waals surface area contributed by atoms with Gasteiger partial charge in [-0.3, -0.25) is 0 Å². The third-order valence-corrected chi connectivity index (χ3v) is 4.73. The molecule has 1 fully saturated rings. The number of hydrogen-bond donors (Lipinski definition) is 0. The Hall–Kier alpha value is -1.51. The summed E-state index contributed by atoms with van der Waals surface area (Å²) in [7, 11) is 0. The van der Waals surface area contributed by atoms with Crippen LogP contribution in [-0.2, 0) is 11.2 Å². The molecule has 3 heteroatoms. The number of carbonyl (C=O) groups excluding carboxylic acids is 1. The summed E-state index contributed by atoms with van der Waals surface area (Å²) in [6, 6.07) is 10.7. The topological polar surface area (TPSA) is 29.5 Å². The van der Waals surface area contributed by atoms with Gasteiger partial charge in [-0.2, -0.15) is 0 Å². The lowest BCUT2D eigenvalue weighted by Gasteiger charge is -2.35. The Bertz CT molecular complexity index is 484. The molecule has 0 spiro atoms. The Kier molecular flexibility index (Phi) is 6.09. The Morgan fingerprint density at radius 1 is 1.22 bits per heavy atom. The van der Waals surface area contributed by atoms with Crippen LogP contribution in [0.4, 0.5) is 4.79 Å². The Morgan fingerprint density at radius 2 is 1.83 bits per heavy atom. The third kappa shape index (κ3) is 5.89. The lowest BCUT2D eigenvalue weighted by molar-refractivity contribution is 0.0161. The first-order valence-corrected chi connectivity index (χ1v) is 8.87. The van der Waals surface area contributed by atoms with Crippen molar-refractivity contribution in [1.29, 1.82) is 0 Å². The number of piperidine rings is 1. The summed E-state index contributed by atoms with van der Waals surface area (Å²) in [6.45, 7) is 9.77. The van der Waals surface area contributed by atoms with E-state index in [1.807, 2.05) is 25.7 Å². The average molecular weight is 317 g/mol. The van der Waals surface area contributed by atoms with Crippen molar-refractivity contribution in [3.05, 3.63) is 35.9 Å². The molecular weight excluding hydrogens is 286 g/mol. The van der Waals surface area contributed by atoms with E-state index in [1.165, 1.54) is 12.0 Å². The van der Waals surface area contributed by atoms with Crippen LogP contribution in [0.1, 0.15) is 52.5 Å². The van der Waals surface area contributed by atoms with Crippen molar-refractivity contribution in [1.82, 2.24) is 4.90 Å². The molecule has 0 aliphatic carbocycles. The summed E-state index contributed by atoms with van der Waals surface area (Å²) in [4.78, 5) is 14.0. The van der Waals surface area contributed by atoms with Gasteiger partial charge in [0.1, 0.15) is 5.60 Å². The monoisotopic (exact) mass is 317 g/mol. The first-order chi connectivity index (χ1) is 10.8. The minimum atomic E-state index is -0.406. The van der Waals surface area contributed by atoms with E-state index < -0.39 is 5.60 Å². The minimum Gasteiger partial charge on any atom is -0.444 e. The lowest BCUT2D eigenvalue weighted by atomic mass is 9.82. The third-order valence-electron chi connectivity index (χ3n) is 4.73. The second-order valence-corrected chi connectivity index (χ2v) is 7.81. The summed E-state index contributed by atoms with van der Waals surface area (Å²) in [5.41, 5.74) is 1.02. The van der Waals surface area contributed by atoms with Gasteiger partial charge >= 0.3 is 6.09 Å². The number of likely N-dealkylation sites (tertiary alicyclic amines) is 1. The number of benzene rings is 1. The Labute approximate surface area is 141 Å². The highest BCUT2D eigenvalue weighted by Gasteiger charge is 2.28. The standard InChI is InChI=1S/C20H31NO2/c1-16(10-11-17-8-6-5-7-9-17)18-12-14-21(15-13-18)19(22)23-20(2,3)4/h5-9,16,18H,10-15H2,1-4H3/t16-/m1/s1. The van der Waals surface area contributed by atoms with Gasteiger partial charge in [-0.15, -0.1) is 0 Å². The van der Waals surface area contributed by atoms with Crippen molar-refractivity contribution < 1.29 is 9.53 Å². The molecule has 0 N–H and O–H groups in total. The molecule has 0 radical (unpaired) electrons. The molecule has 1 amide bonds. The van der Waals surface area contributed by atoms with Crippen LogP contribution in [0.2, 0.25) is 0 Å². The smallest absolute Gasteiger partial charge is 0.410 e. The SMILES string of the molecule is C[C@H](CCc1ccccc1)C1CCN(C(=O)OC(C)(C)C)CC1. The van der Waals surface area contributed by atoms with Crippen LogP contribution in [0.3, 0.4) is 0 Å². The van der Waals surface area contributed by atoms with Gasteiger partial charge in [0, 0.05) is 13.1 Å². The first-order valence-electron chi connectivity index (χ1n) is 8.87. The van der Waals surface area contributed by atoms with Crippen LogP contribution in [0.5, 0.6) is 0 Å². The maximum Gasteiger partial charge on any atom is 0.410 e. The van der Waals surface area contributed by atoms with E-state index in [0.717, 1.165) is 38.3 Å². The van der Waals surface area contributed by atoms with Gasteiger partial charge in [-0.25, -0.2) is 4.79 Å². The van der Waals surface area contributed by atoms with Crippen LogP contribution in [0.25, 0.3) is 0 Å². The van der Waals surface area contributed by atoms with Gasteiger partial charge in [0.05, 0.1) is 0 Å². The highest BCUT2D eigenvalue weighted by molar-refractivity contribution is 5.68. The molecule has 3 nitrogen and oxygen atoms in total. The summed E-state index contributed by atoms with van der Waals surface area (Å²) in [6.07, 6.45) is 4.40. The van der Waals surface area contributed by atoms with E-state index in [1.54, 1.807) is 0 Å². The summed E-state index contributed by atoms with van der Waals surface area (Å²) >= 11 is 0. The van der Waals surface area contributed by atoms with Crippen molar-refractivity contribution >= 4 is 6.09 Å². The summed E-state index contributed by atoms with van der Waals surface area (Å²) in [5, 5.41) is 0. The van der Waals surface area contributed by atoms with E-state index in [2.05, 4.69) is 37.3 Å². The van der Waals surface area contributed by atoms with E-state index in [4.69, 9.17) is 4.74 Å². The van der Waals surface area contributed by atoms with Crippen molar-refractivity contribution in [2.75, 3.05) is 13.1 Å². The second-order valence-electron chi connectivity index (χ2n) is 7.81. The molecule has 1 heterocycles. The Balaban J connectivity index is 1.74. The number of amides is 1. The van der Waals surface area contributed by atoms with Gasteiger partial charge in [0.15, 0.2) is 0 Å². The molecule has 1 aliphatic heterocycles. The zero-order chi connectivity index (χ0) is 16.9. The molecule has 128 valence electrons. The van der Waals surface area contributed by atoms with Crippen molar-refractivity contribution in [2.24, 2.45) is 11.8 Å². The fourth-order valence-corrected chi connectivity index (χ4v) is 3.25. The Morgan fingerprint density at radius 3 is 2.39 bits per heavy atom. The maximum atomic E-state index is 12.1. The van der Waals surface area contributed by atoms with E-state index in [0.29, 0.717) is 5.92 Å². The van der Waals surface area contributed by atoms with Gasteiger partial charge in [0.2, 0.25) is 0 Å². The van der Waals surface area contributed by atoms with Gasteiger partial charge in [-0.1, -0.05) is 37.3 Å². The van der Waals surface area contributed by atoms with Crippen LogP contribution >= 0.6 is 0 Å². The molecule has 0 bridgehead atoms. The maximum absolute atomic E-state index is 12.1. The fourth-order valence-electron chi connectivity index (χ4n) is 3.25. The average Bonchev–Trinajstić information content (AvgIpc) is 2.52. The van der Waals surface area contributed by atoms with E-state index >= 15 is 0 Å². The van der Waals surface area contributed by atoms with Crippen molar-refractivity contribution in [3.8, 4) is 0 Å². The minimum absolute atomic E-state index is 0.159. The molecule has 0 saturated carbocycles. The van der Waals surface area contributed by atoms with Crippen LogP contribution in [0, 0.1) is 11.8 Å². The van der Waals surface area contributed by atoms with E-state index in [9.17, 15) is 4.79 Å². The summed E-state index contributed by atoms with van der Waals surface area (Å²) in [5.74, 6) is 1.42. The molecule has 0 aromatic heterocycles. The van der Waals surface area contributed by atoms with Gasteiger partial charge in [-0.05, 0) is 63.9 Å². The molecule has 23 heavy (non-hydrogen) atoms. The molecule has 2 rings (SSSR count). The number of aryl methyl sites for hydroxylation is 1. The predicted octanol–water partition coefficient (Wildman–Crippen LogP) is 4.90. The van der Waals surface area contributed by atoms with Crippen molar-refractivity contribution in [3.63, 3.8) is 0 Å². The molecule has 1 aliphatic rings. The highest BCUT2D eigenvalue weighted by Crippen LogP contribution is 2.28. The molecular formula is C20H31NO2. The number of ether oxygens (including phenoxy) is 1. The van der Waals surface area contributed by atoms with E-state index in [-0.39, 0.29) is 6.09 Å². The van der Waals surface area contributed by atoms with Crippen LogP contribution in [0.15, 0.2) is 30.3 Å². The predicted molar refractivity (Wildman–Crippen MR) is 94.5 cm³/mol. The quantitative estimate of drug-likeness (QED) is 0.790. The molecule has 1 aromatic carbocycles. The number of hydrogen-bond acceptors (Lipinski definition) is 2. The van der Waals surface area contributed by atoms with Gasteiger partial charge < -0.3 is 9.64 Å². The zero-order valence-corrected chi connectivity index (χ0v) is 15.0. The first kappa shape index (κ1) is 17.8. The van der Waals surface area contributed by atoms with Crippen molar-refractivity contribution in [2.45, 2.75) is 59.0 Å². The second kappa shape index (κ2) is 7.85. The van der Waals surface area contributed by atoms with Crippen LogP contribution in [-0.4, -0.2) is 29.7 Å². The number of rotatable bonds is 4. The fraction of sp³-hybridized carbons (Fsp3) is 0.650. The molecule has 1 saturated heterocycles. The largest absolute Gasteiger partial charge is 0.444 e. The normalized spacial score (nSPS) is 17.8. The zero-order valence-electron chi connectivity index (χ0n) is 15.0. The lowest BCUT2D eigenvalue weighted by Crippen LogP contribution is -2.42. The highest BCUT2D eigenvalue weighted by atomic mass is 16.6. The number of nitrogens with zero attached hydrogens (tertiary/aromatic N) is 1.